The fourth-order valence-electron chi connectivity index (χ4n) is 4.79. The average molecular weight is 553 g/mol. The van der Waals surface area contributed by atoms with Crippen molar-refractivity contribution in [3.05, 3.63) is 53.5 Å². The molecule has 0 aliphatic carbocycles. The number of anilines is 3. The van der Waals surface area contributed by atoms with Gasteiger partial charge in [0.15, 0.2) is 5.65 Å². The quantitative estimate of drug-likeness (QED) is 0.325. The number of benzene rings is 1. The van der Waals surface area contributed by atoms with E-state index in [2.05, 4.69) is 39.8 Å². The third kappa shape index (κ3) is 7.32. The number of nitrogens with one attached hydrogen (secondary N) is 3. The van der Waals surface area contributed by atoms with Crippen LogP contribution in [0.15, 0.2) is 36.5 Å². The van der Waals surface area contributed by atoms with E-state index in [0.29, 0.717) is 56.1 Å². The number of amides is 1. The summed E-state index contributed by atoms with van der Waals surface area (Å²) in [6.45, 7) is 9.63. The highest BCUT2D eigenvalue weighted by molar-refractivity contribution is 5.99. The van der Waals surface area contributed by atoms with Crippen molar-refractivity contribution in [2.24, 2.45) is 0 Å². The molecule has 40 heavy (non-hydrogen) atoms. The third-order valence-corrected chi connectivity index (χ3v) is 6.98. The Morgan fingerprint density at radius 3 is 2.67 bits per heavy atom. The Hall–Kier alpha value is -3.61. The number of nitrogens with zero attached hydrogens (tertiary/aromatic N) is 5. The van der Waals surface area contributed by atoms with E-state index in [0.717, 1.165) is 37.1 Å². The molecule has 0 bridgehead atoms. The van der Waals surface area contributed by atoms with Gasteiger partial charge in [-0.1, -0.05) is 19.9 Å². The summed E-state index contributed by atoms with van der Waals surface area (Å²) in [5.74, 6) is 0.487. The van der Waals surface area contributed by atoms with Gasteiger partial charge in [0, 0.05) is 62.8 Å². The highest BCUT2D eigenvalue weighted by atomic mass is 19.1. The first-order valence-electron chi connectivity index (χ1n) is 13.9. The van der Waals surface area contributed by atoms with Crippen LogP contribution < -0.4 is 16.0 Å². The zero-order valence-electron chi connectivity index (χ0n) is 23.0. The lowest BCUT2D eigenvalue weighted by Gasteiger charge is -2.25. The maximum atomic E-state index is 14.5. The van der Waals surface area contributed by atoms with Gasteiger partial charge in [0.05, 0.1) is 19.4 Å². The Morgan fingerprint density at radius 1 is 1.12 bits per heavy atom. The van der Waals surface area contributed by atoms with Crippen LogP contribution in [-0.2, 0) is 20.8 Å². The highest BCUT2D eigenvalue weighted by Crippen LogP contribution is 2.24. The Labute approximate surface area is 233 Å². The van der Waals surface area contributed by atoms with Crippen molar-refractivity contribution in [1.82, 2.24) is 24.5 Å². The van der Waals surface area contributed by atoms with Crippen molar-refractivity contribution in [3.8, 4) is 0 Å². The Bertz CT molecular complexity index is 1330. The van der Waals surface area contributed by atoms with E-state index in [4.69, 9.17) is 19.4 Å². The summed E-state index contributed by atoms with van der Waals surface area (Å²) in [6.07, 6.45) is 6.86. The normalized spacial score (nSPS) is 17.1. The Morgan fingerprint density at radius 2 is 1.90 bits per heavy atom. The lowest BCUT2D eigenvalue weighted by atomic mass is 10.1. The van der Waals surface area contributed by atoms with Gasteiger partial charge in [0.25, 0.3) is 0 Å². The minimum atomic E-state index is -0.442. The Balaban J connectivity index is 1.27. The molecule has 0 saturated carbocycles. The van der Waals surface area contributed by atoms with Crippen LogP contribution in [0.25, 0.3) is 5.65 Å². The van der Waals surface area contributed by atoms with E-state index in [1.807, 2.05) is 6.08 Å². The lowest BCUT2D eigenvalue weighted by Crippen LogP contribution is -2.36. The molecule has 0 atom stereocenters. The number of hydrogen-bond donors (Lipinski definition) is 3. The first-order chi connectivity index (χ1) is 19.4. The predicted molar refractivity (Wildman–Crippen MR) is 151 cm³/mol. The standard InChI is InChI=1S/C28H37FN8O3/c1-19(2)24-18-31-37-26(24)34-27(33-22-5-10-39-11-6-22)35-28(37)30-17-20-14-21(29)16-23(15-20)32-25(38)4-3-7-36-8-12-40-13-9-36/h3-4,14-16,18-19,22H,5-13,17H2,1-2H3,(H,32,38)(H2,30,33,34,35)/b4-3+. The van der Waals surface area contributed by atoms with Crippen molar-refractivity contribution in [1.29, 1.82) is 0 Å². The molecular formula is C28H37FN8O3. The maximum Gasteiger partial charge on any atom is 0.248 e. The number of aromatic nitrogens is 4. The fourth-order valence-corrected chi connectivity index (χ4v) is 4.79. The first-order valence-corrected chi connectivity index (χ1v) is 13.9. The van der Waals surface area contributed by atoms with Crippen LogP contribution in [0.2, 0.25) is 0 Å². The molecule has 3 N–H and O–H groups in total. The zero-order valence-corrected chi connectivity index (χ0v) is 23.0. The van der Waals surface area contributed by atoms with Crippen molar-refractivity contribution in [3.63, 3.8) is 0 Å². The third-order valence-electron chi connectivity index (χ3n) is 6.98. The highest BCUT2D eigenvalue weighted by Gasteiger charge is 2.19. The molecule has 0 radical (unpaired) electrons. The number of halogens is 1. The molecule has 214 valence electrons. The topological polar surface area (TPSA) is 118 Å². The summed E-state index contributed by atoms with van der Waals surface area (Å²) in [5, 5.41) is 14.0. The minimum absolute atomic E-state index is 0.228. The molecule has 2 aromatic heterocycles. The monoisotopic (exact) mass is 552 g/mol. The van der Waals surface area contributed by atoms with Gasteiger partial charge in [-0.15, -0.1) is 0 Å². The van der Waals surface area contributed by atoms with E-state index in [1.165, 1.54) is 18.2 Å². The van der Waals surface area contributed by atoms with E-state index >= 15 is 0 Å². The van der Waals surface area contributed by atoms with Gasteiger partial charge in [0.2, 0.25) is 17.8 Å². The molecule has 2 aliphatic rings. The van der Waals surface area contributed by atoms with Crippen LogP contribution in [0.3, 0.4) is 0 Å². The van der Waals surface area contributed by atoms with Crippen molar-refractivity contribution in [2.75, 3.05) is 62.0 Å². The van der Waals surface area contributed by atoms with Crippen molar-refractivity contribution < 1.29 is 18.7 Å². The largest absolute Gasteiger partial charge is 0.381 e. The molecule has 5 rings (SSSR count). The summed E-state index contributed by atoms with van der Waals surface area (Å²) in [7, 11) is 0. The molecule has 0 spiro atoms. The van der Waals surface area contributed by atoms with Gasteiger partial charge in [0.1, 0.15) is 5.82 Å². The van der Waals surface area contributed by atoms with Crippen LogP contribution in [-0.4, -0.2) is 82.5 Å². The summed E-state index contributed by atoms with van der Waals surface area (Å²) in [5.41, 5.74) is 2.76. The molecule has 1 amide bonds. The molecule has 4 heterocycles. The number of carbonyl (C=O) groups is 1. The van der Waals surface area contributed by atoms with E-state index in [1.54, 1.807) is 16.8 Å². The molecule has 1 aromatic carbocycles. The van der Waals surface area contributed by atoms with Gasteiger partial charge in [-0.05, 0) is 42.5 Å². The second-order valence-electron chi connectivity index (χ2n) is 10.4. The second kappa shape index (κ2) is 13.2. The van der Waals surface area contributed by atoms with Crippen LogP contribution >= 0.6 is 0 Å². The molecule has 0 unspecified atom stereocenters. The molecule has 2 fully saturated rings. The van der Waals surface area contributed by atoms with Crippen molar-refractivity contribution >= 4 is 29.1 Å². The minimum Gasteiger partial charge on any atom is -0.381 e. The second-order valence-corrected chi connectivity index (χ2v) is 10.4. The van der Waals surface area contributed by atoms with Crippen LogP contribution in [0, 0.1) is 5.82 Å². The fraction of sp³-hybridized carbons (Fsp3) is 0.500. The molecule has 12 heteroatoms. The molecule has 11 nitrogen and oxygen atoms in total. The Kier molecular flexibility index (Phi) is 9.19. The summed E-state index contributed by atoms with van der Waals surface area (Å²) >= 11 is 0. The van der Waals surface area contributed by atoms with Gasteiger partial charge in [-0.25, -0.2) is 4.39 Å². The van der Waals surface area contributed by atoms with Gasteiger partial charge in [-0.3, -0.25) is 9.69 Å². The van der Waals surface area contributed by atoms with Crippen molar-refractivity contribution in [2.45, 2.75) is 45.2 Å². The van der Waals surface area contributed by atoms with Crippen LogP contribution in [0.1, 0.15) is 43.7 Å². The average Bonchev–Trinajstić information content (AvgIpc) is 3.37. The van der Waals surface area contributed by atoms with E-state index in [9.17, 15) is 9.18 Å². The van der Waals surface area contributed by atoms with E-state index < -0.39 is 5.82 Å². The van der Waals surface area contributed by atoms with Gasteiger partial charge >= 0.3 is 0 Å². The number of hydrogen-bond acceptors (Lipinski definition) is 9. The lowest BCUT2D eigenvalue weighted by molar-refractivity contribution is -0.111. The van der Waals surface area contributed by atoms with Gasteiger partial charge < -0.3 is 25.4 Å². The smallest absolute Gasteiger partial charge is 0.248 e. The zero-order chi connectivity index (χ0) is 27.9. The van der Waals surface area contributed by atoms with Crippen LogP contribution in [0.4, 0.5) is 22.0 Å². The molecule has 3 aromatic rings. The summed E-state index contributed by atoms with van der Waals surface area (Å²) < 4.78 is 27.0. The number of morpholine rings is 1. The number of carbonyl (C=O) groups excluding carboxylic acids is 1. The van der Waals surface area contributed by atoms with E-state index in [-0.39, 0.29) is 24.4 Å². The molecule has 2 saturated heterocycles. The SMILES string of the molecule is CC(C)c1cnn2c(NCc3cc(F)cc(NC(=O)/C=C/CN4CCOCC4)c3)nc(NC3CCOCC3)nc12. The number of rotatable bonds is 10. The summed E-state index contributed by atoms with van der Waals surface area (Å²) in [6, 6.07) is 4.70. The summed E-state index contributed by atoms with van der Waals surface area (Å²) in [4.78, 5) is 24.1. The van der Waals surface area contributed by atoms with Crippen LogP contribution in [0.5, 0.6) is 0 Å². The molecular weight excluding hydrogens is 515 g/mol. The maximum absolute atomic E-state index is 14.5. The first kappa shape index (κ1) is 27.9. The molecule has 2 aliphatic heterocycles. The predicted octanol–water partition coefficient (Wildman–Crippen LogP) is 3.42. The van der Waals surface area contributed by atoms with Gasteiger partial charge in [-0.2, -0.15) is 19.6 Å². The number of fused-ring (bicyclic) bond motifs is 1. The number of ether oxygens (including phenoxy) is 2.